The molecule has 30 heavy (non-hydrogen) atoms. The summed E-state index contributed by atoms with van der Waals surface area (Å²) in [6.45, 7) is 2.18. The fourth-order valence-corrected chi connectivity index (χ4v) is 2.91. The number of hydrogen-bond acceptors (Lipinski definition) is 1. The molecule has 0 atom stereocenters. The first-order valence-electron chi connectivity index (χ1n) is 10.0. The second-order valence-corrected chi connectivity index (χ2v) is 7.02. The van der Waals surface area contributed by atoms with Crippen molar-refractivity contribution in [1.29, 1.82) is 0 Å². The van der Waals surface area contributed by atoms with E-state index in [9.17, 15) is 8.78 Å². The van der Waals surface area contributed by atoms with E-state index in [4.69, 9.17) is 5.73 Å². The summed E-state index contributed by atoms with van der Waals surface area (Å²) in [6, 6.07) is 17.5. The molecule has 0 aliphatic carbocycles. The van der Waals surface area contributed by atoms with Gasteiger partial charge in [0.05, 0.1) is 0 Å². The number of nitrogen functional groups attached to an aromatic ring is 1. The molecule has 3 aromatic rings. The number of hydrogen-bond donors (Lipinski definition) is 1. The van der Waals surface area contributed by atoms with Gasteiger partial charge in [-0.15, -0.1) is 0 Å². The zero-order valence-electron chi connectivity index (χ0n) is 16.9. The molecule has 0 saturated carbocycles. The Morgan fingerprint density at radius 1 is 0.700 bits per heavy atom. The fourth-order valence-electron chi connectivity index (χ4n) is 2.91. The number of rotatable bonds is 4. The minimum Gasteiger partial charge on any atom is -0.394 e. The molecule has 3 aromatic carbocycles. The molecule has 0 radical (unpaired) electrons. The summed E-state index contributed by atoms with van der Waals surface area (Å²) in [4.78, 5) is 0. The first-order chi connectivity index (χ1) is 14.6. The van der Waals surface area contributed by atoms with Gasteiger partial charge in [-0.05, 0) is 66.1 Å². The molecule has 3 heteroatoms. The maximum Gasteiger partial charge on any atom is 0.149 e. The molecule has 0 bridgehead atoms. The molecular weight excluding hydrogens is 376 g/mol. The monoisotopic (exact) mass is 399 g/mol. The SMILES string of the molecule is CCCCCC#Cc1ccc(C#Cc2ccc(-c3cc(F)c(N)c(F)c3)cc2)cc1. The molecule has 0 aliphatic rings. The van der Waals surface area contributed by atoms with Crippen LogP contribution in [0.1, 0.15) is 49.3 Å². The summed E-state index contributed by atoms with van der Waals surface area (Å²) < 4.78 is 27.3. The van der Waals surface area contributed by atoms with E-state index in [0.717, 1.165) is 29.5 Å². The van der Waals surface area contributed by atoms with Crippen LogP contribution in [0.25, 0.3) is 11.1 Å². The van der Waals surface area contributed by atoms with Gasteiger partial charge in [-0.25, -0.2) is 8.78 Å². The minimum absolute atomic E-state index is 0.435. The molecule has 3 rings (SSSR count). The predicted octanol–water partition coefficient (Wildman–Crippen LogP) is 6.55. The lowest BCUT2D eigenvalue weighted by molar-refractivity contribution is 0.592. The highest BCUT2D eigenvalue weighted by Gasteiger charge is 2.08. The molecule has 0 fully saturated rings. The fraction of sp³-hybridized carbons (Fsp3) is 0.185. The predicted molar refractivity (Wildman–Crippen MR) is 120 cm³/mol. The maximum atomic E-state index is 13.7. The third kappa shape index (κ3) is 5.72. The van der Waals surface area contributed by atoms with Crippen LogP contribution in [0.5, 0.6) is 0 Å². The van der Waals surface area contributed by atoms with Crippen LogP contribution in [-0.4, -0.2) is 0 Å². The zero-order valence-corrected chi connectivity index (χ0v) is 16.9. The van der Waals surface area contributed by atoms with E-state index in [0.29, 0.717) is 11.1 Å². The van der Waals surface area contributed by atoms with Crippen molar-refractivity contribution in [1.82, 2.24) is 0 Å². The molecule has 0 spiro atoms. The number of unbranched alkanes of at least 4 members (excludes halogenated alkanes) is 3. The van der Waals surface area contributed by atoms with Crippen molar-refractivity contribution in [2.75, 3.05) is 5.73 Å². The third-order valence-electron chi connectivity index (χ3n) is 4.67. The van der Waals surface area contributed by atoms with Gasteiger partial charge in [0.25, 0.3) is 0 Å². The van der Waals surface area contributed by atoms with Gasteiger partial charge in [0.1, 0.15) is 17.3 Å². The molecule has 0 aliphatic heterocycles. The summed E-state index contributed by atoms with van der Waals surface area (Å²) in [5.74, 6) is 11.1. The molecule has 0 amide bonds. The number of anilines is 1. The van der Waals surface area contributed by atoms with E-state index in [-0.39, 0.29) is 0 Å². The van der Waals surface area contributed by atoms with Gasteiger partial charge in [0, 0.05) is 23.1 Å². The van der Waals surface area contributed by atoms with Crippen molar-refractivity contribution >= 4 is 5.69 Å². The molecule has 1 nitrogen and oxygen atoms in total. The van der Waals surface area contributed by atoms with Crippen LogP contribution >= 0.6 is 0 Å². The van der Waals surface area contributed by atoms with Crippen LogP contribution in [0, 0.1) is 35.3 Å². The second kappa shape index (κ2) is 10.3. The van der Waals surface area contributed by atoms with Crippen LogP contribution in [0.2, 0.25) is 0 Å². The molecule has 0 unspecified atom stereocenters. The summed E-state index contributed by atoms with van der Waals surface area (Å²) >= 11 is 0. The van der Waals surface area contributed by atoms with Crippen molar-refractivity contribution in [2.24, 2.45) is 0 Å². The van der Waals surface area contributed by atoms with Crippen molar-refractivity contribution < 1.29 is 8.78 Å². The third-order valence-corrected chi connectivity index (χ3v) is 4.67. The Morgan fingerprint density at radius 3 is 1.73 bits per heavy atom. The highest BCUT2D eigenvalue weighted by Crippen LogP contribution is 2.25. The number of nitrogens with two attached hydrogens (primary N) is 1. The smallest absolute Gasteiger partial charge is 0.149 e. The lowest BCUT2D eigenvalue weighted by Crippen LogP contribution is -1.96. The second-order valence-electron chi connectivity index (χ2n) is 7.02. The Kier molecular flexibility index (Phi) is 7.25. The quantitative estimate of drug-likeness (QED) is 0.301. The maximum absolute atomic E-state index is 13.7. The number of benzene rings is 3. The Labute approximate surface area is 176 Å². The highest BCUT2D eigenvalue weighted by molar-refractivity contribution is 5.67. The minimum atomic E-state index is -0.761. The summed E-state index contributed by atoms with van der Waals surface area (Å²) in [5, 5.41) is 0. The molecule has 150 valence electrons. The topological polar surface area (TPSA) is 26.0 Å². The van der Waals surface area contributed by atoms with Gasteiger partial charge in [-0.2, -0.15) is 0 Å². The van der Waals surface area contributed by atoms with E-state index < -0.39 is 17.3 Å². The largest absolute Gasteiger partial charge is 0.394 e. The summed E-state index contributed by atoms with van der Waals surface area (Å²) in [6.07, 6.45) is 4.50. The van der Waals surface area contributed by atoms with Crippen molar-refractivity contribution in [3.8, 4) is 34.8 Å². The molecule has 0 saturated heterocycles. The van der Waals surface area contributed by atoms with Gasteiger partial charge < -0.3 is 5.73 Å². The van der Waals surface area contributed by atoms with Gasteiger partial charge in [-0.1, -0.05) is 55.6 Å². The Bertz CT molecular complexity index is 1100. The molecule has 0 aromatic heterocycles. The van der Waals surface area contributed by atoms with E-state index in [1.54, 1.807) is 12.1 Å². The normalized spacial score (nSPS) is 9.97. The van der Waals surface area contributed by atoms with E-state index in [2.05, 4.69) is 30.6 Å². The molecule has 2 N–H and O–H groups in total. The van der Waals surface area contributed by atoms with E-state index in [1.165, 1.54) is 25.0 Å². The van der Waals surface area contributed by atoms with Gasteiger partial charge in [-0.3, -0.25) is 0 Å². The van der Waals surface area contributed by atoms with Crippen LogP contribution in [0.4, 0.5) is 14.5 Å². The number of halogens is 2. The molecular formula is C27H23F2N. The Hall–Kier alpha value is -3.56. The van der Waals surface area contributed by atoms with Crippen molar-refractivity contribution in [3.63, 3.8) is 0 Å². The first kappa shape index (κ1) is 21.2. The Balaban J connectivity index is 1.67. The zero-order chi connectivity index (χ0) is 21.3. The van der Waals surface area contributed by atoms with E-state index >= 15 is 0 Å². The van der Waals surface area contributed by atoms with Crippen LogP contribution in [0.3, 0.4) is 0 Å². The van der Waals surface area contributed by atoms with Crippen molar-refractivity contribution in [2.45, 2.75) is 32.6 Å². The van der Waals surface area contributed by atoms with Crippen LogP contribution < -0.4 is 5.73 Å². The average molecular weight is 399 g/mol. The Morgan fingerprint density at radius 2 is 1.20 bits per heavy atom. The van der Waals surface area contributed by atoms with Gasteiger partial charge in [0.15, 0.2) is 0 Å². The van der Waals surface area contributed by atoms with Crippen molar-refractivity contribution in [3.05, 3.63) is 89.0 Å². The van der Waals surface area contributed by atoms with Gasteiger partial charge in [0.2, 0.25) is 0 Å². The van der Waals surface area contributed by atoms with Crippen LogP contribution in [0.15, 0.2) is 60.7 Å². The summed E-state index contributed by atoms with van der Waals surface area (Å²) in [7, 11) is 0. The first-order valence-corrected chi connectivity index (χ1v) is 10.0. The van der Waals surface area contributed by atoms with Crippen LogP contribution in [-0.2, 0) is 0 Å². The highest BCUT2D eigenvalue weighted by atomic mass is 19.1. The average Bonchev–Trinajstić information content (AvgIpc) is 2.77. The lowest BCUT2D eigenvalue weighted by Gasteiger charge is -2.05. The van der Waals surface area contributed by atoms with E-state index in [1.807, 2.05) is 36.4 Å². The van der Waals surface area contributed by atoms with Gasteiger partial charge >= 0.3 is 0 Å². The standard InChI is InChI=1S/C27H23F2N/c1-2-3-4-5-6-7-20-8-10-21(11-9-20)12-13-22-14-16-23(17-15-22)24-18-25(28)27(30)26(29)19-24/h8-11,14-19H,2-5,30H2,1H3. The summed E-state index contributed by atoms with van der Waals surface area (Å²) in [5.41, 5.74) is 8.70. The lowest BCUT2D eigenvalue weighted by atomic mass is 10.0. The molecule has 0 heterocycles.